The highest BCUT2D eigenvalue weighted by atomic mass is 35.5. The molecule has 0 spiro atoms. The number of methoxy groups -OCH3 is 1. The molecule has 0 aliphatic heterocycles. The summed E-state index contributed by atoms with van der Waals surface area (Å²) in [6, 6.07) is 11.8. The SMILES string of the molecule is COc1ccc(C)cc1NC(=O)CCN(c1ccc(Cl)cc1)S(C)(=O)=O. The second-order valence-corrected chi connectivity index (χ2v) is 8.16. The van der Waals surface area contributed by atoms with Crippen LogP contribution in [-0.4, -0.2) is 34.2 Å². The summed E-state index contributed by atoms with van der Waals surface area (Å²) in [5.74, 6) is 0.234. The van der Waals surface area contributed by atoms with Crippen molar-refractivity contribution >= 4 is 38.9 Å². The standard InChI is InChI=1S/C18H21ClN2O4S/c1-13-4-9-17(25-2)16(12-13)20-18(22)10-11-21(26(3,23)24)15-7-5-14(19)6-8-15/h4-9,12H,10-11H2,1-3H3,(H,20,22). The molecule has 2 rings (SSSR count). The van der Waals surface area contributed by atoms with E-state index in [0.29, 0.717) is 22.1 Å². The molecule has 140 valence electrons. The van der Waals surface area contributed by atoms with Gasteiger partial charge in [-0.15, -0.1) is 0 Å². The lowest BCUT2D eigenvalue weighted by Gasteiger charge is -2.22. The zero-order valence-corrected chi connectivity index (χ0v) is 16.4. The van der Waals surface area contributed by atoms with Crippen LogP contribution in [0, 0.1) is 6.92 Å². The minimum Gasteiger partial charge on any atom is -0.495 e. The normalized spacial score (nSPS) is 11.1. The van der Waals surface area contributed by atoms with Crippen LogP contribution in [0.15, 0.2) is 42.5 Å². The van der Waals surface area contributed by atoms with Crippen molar-refractivity contribution in [2.75, 3.05) is 29.5 Å². The number of benzene rings is 2. The monoisotopic (exact) mass is 396 g/mol. The summed E-state index contributed by atoms with van der Waals surface area (Å²) in [5.41, 5.74) is 1.98. The summed E-state index contributed by atoms with van der Waals surface area (Å²) in [5, 5.41) is 3.27. The Bertz CT molecular complexity index is 883. The van der Waals surface area contributed by atoms with Gasteiger partial charge in [-0.05, 0) is 48.9 Å². The third kappa shape index (κ3) is 5.37. The first-order chi connectivity index (χ1) is 12.2. The maximum atomic E-state index is 12.3. The largest absolute Gasteiger partial charge is 0.495 e. The van der Waals surface area contributed by atoms with Crippen LogP contribution in [0.25, 0.3) is 0 Å². The van der Waals surface area contributed by atoms with E-state index < -0.39 is 10.0 Å². The lowest BCUT2D eigenvalue weighted by molar-refractivity contribution is -0.116. The van der Waals surface area contributed by atoms with E-state index >= 15 is 0 Å². The molecule has 2 aromatic rings. The predicted octanol–water partition coefficient (Wildman–Crippen LogP) is 3.45. The molecule has 26 heavy (non-hydrogen) atoms. The molecule has 8 heteroatoms. The van der Waals surface area contributed by atoms with Gasteiger partial charge in [0.1, 0.15) is 5.75 Å². The minimum absolute atomic E-state index is 0.00715. The van der Waals surface area contributed by atoms with E-state index in [4.69, 9.17) is 16.3 Å². The average molecular weight is 397 g/mol. The molecule has 0 aliphatic carbocycles. The van der Waals surface area contributed by atoms with E-state index in [-0.39, 0.29) is 18.9 Å². The quantitative estimate of drug-likeness (QED) is 0.777. The number of halogens is 1. The van der Waals surface area contributed by atoms with Crippen molar-refractivity contribution in [3.8, 4) is 5.75 Å². The summed E-state index contributed by atoms with van der Waals surface area (Å²) < 4.78 is 30.6. The van der Waals surface area contributed by atoms with E-state index in [2.05, 4.69) is 5.32 Å². The van der Waals surface area contributed by atoms with Gasteiger partial charge < -0.3 is 10.1 Å². The summed E-state index contributed by atoms with van der Waals surface area (Å²) in [6.45, 7) is 1.92. The number of hydrogen-bond donors (Lipinski definition) is 1. The second kappa shape index (κ2) is 8.42. The van der Waals surface area contributed by atoms with Gasteiger partial charge in [-0.3, -0.25) is 9.10 Å². The number of sulfonamides is 1. The maximum absolute atomic E-state index is 12.3. The highest BCUT2D eigenvalue weighted by Crippen LogP contribution is 2.25. The number of hydrogen-bond acceptors (Lipinski definition) is 4. The smallest absolute Gasteiger partial charge is 0.232 e. The summed E-state index contributed by atoms with van der Waals surface area (Å²) in [6.07, 6.45) is 1.09. The van der Waals surface area contributed by atoms with Crippen LogP contribution in [0.5, 0.6) is 5.75 Å². The Morgan fingerprint density at radius 1 is 1.19 bits per heavy atom. The van der Waals surface area contributed by atoms with Gasteiger partial charge in [-0.2, -0.15) is 0 Å². The van der Waals surface area contributed by atoms with Crippen molar-refractivity contribution in [1.82, 2.24) is 0 Å². The van der Waals surface area contributed by atoms with Crippen LogP contribution in [-0.2, 0) is 14.8 Å². The Morgan fingerprint density at radius 2 is 1.85 bits per heavy atom. The molecule has 0 aromatic heterocycles. The first-order valence-corrected chi connectivity index (χ1v) is 10.1. The molecule has 0 aliphatic rings. The highest BCUT2D eigenvalue weighted by molar-refractivity contribution is 7.92. The topological polar surface area (TPSA) is 75.7 Å². The van der Waals surface area contributed by atoms with Gasteiger partial charge in [-0.25, -0.2) is 8.42 Å². The van der Waals surface area contributed by atoms with Crippen LogP contribution in [0.1, 0.15) is 12.0 Å². The molecular weight excluding hydrogens is 376 g/mol. The molecule has 6 nitrogen and oxygen atoms in total. The molecule has 0 radical (unpaired) electrons. The molecule has 0 bridgehead atoms. The third-order valence-corrected chi connectivity index (χ3v) is 5.13. The van der Waals surface area contributed by atoms with Crippen molar-refractivity contribution in [2.45, 2.75) is 13.3 Å². The molecular formula is C18H21ClN2O4S. The molecule has 0 fully saturated rings. The van der Waals surface area contributed by atoms with E-state index in [1.807, 2.05) is 13.0 Å². The Kier molecular flexibility index (Phi) is 6.50. The third-order valence-electron chi connectivity index (χ3n) is 3.69. The van der Waals surface area contributed by atoms with E-state index in [1.165, 1.54) is 11.4 Å². The van der Waals surface area contributed by atoms with Gasteiger partial charge in [0.15, 0.2) is 0 Å². The Balaban J connectivity index is 2.10. The number of nitrogens with zero attached hydrogens (tertiary/aromatic N) is 1. The van der Waals surface area contributed by atoms with Crippen molar-refractivity contribution in [3.05, 3.63) is 53.1 Å². The van der Waals surface area contributed by atoms with Crippen LogP contribution in [0.4, 0.5) is 11.4 Å². The Morgan fingerprint density at radius 3 is 2.42 bits per heavy atom. The summed E-state index contributed by atoms with van der Waals surface area (Å²) in [7, 11) is -2.01. The summed E-state index contributed by atoms with van der Waals surface area (Å²) >= 11 is 5.85. The number of rotatable bonds is 7. The van der Waals surface area contributed by atoms with Crippen molar-refractivity contribution < 1.29 is 17.9 Å². The summed E-state index contributed by atoms with van der Waals surface area (Å²) in [4.78, 5) is 12.3. The number of anilines is 2. The lowest BCUT2D eigenvalue weighted by Crippen LogP contribution is -2.33. The molecule has 1 N–H and O–H groups in total. The van der Waals surface area contributed by atoms with Crippen molar-refractivity contribution in [2.24, 2.45) is 0 Å². The zero-order chi connectivity index (χ0) is 19.3. The Hall–Kier alpha value is -2.25. The maximum Gasteiger partial charge on any atom is 0.232 e. The van der Waals surface area contributed by atoms with Crippen molar-refractivity contribution in [3.63, 3.8) is 0 Å². The molecule has 0 saturated carbocycles. The predicted molar refractivity (Wildman–Crippen MR) is 105 cm³/mol. The molecule has 2 aromatic carbocycles. The fourth-order valence-corrected chi connectivity index (χ4v) is 3.48. The van der Waals surface area contributed by atoms with Gasteiger partial charge in [0.2, 0.25) is 15.9 Å². The molecule has 0 atom stereocenters. The fourth-order valence-electron chi connectivity index (χ4n) is 2.43. The van der Waals surface area contributed by atoms with E-state index in [0.717, 1.165) is 11.8 Å². The van der Waals surface area contributed by atoms with Gasteiger partial charge in [0.25, 0.3) is 0 Å². The van der Waals surface area contributed by atoms with Crippen LogP contribution < -0.4 is 14.4 Å². The van der Waals surface area contributed by atoms with Gasteiger partial charge >= 0.3 is 0 Å². The molecule has 0 heterocycles. The number of ether oxygens (including phenoxy) is 1. The zero-order valence-electron chi connectivity index (χ0n) is 14.8. The minimum atomic E-state index is -3.53. The van der Waals surface area contributed by atoms with Crippen molar-refractivity contribution in [1.29, 1.82) is 0 Å². The second-order valence-electron chi connectivity index (χ2n) is 5.81. The first-order valence-electron chi connectivity index (χ1n) is 7.88. The van der Waals surface area contributed by atoms with Gasteiger partial charge in [0, 0.05) is 18.0 Å². The number of amides is 1. The Labute approximate surface area is 158 Å². The number of nitrogens with one attached hydrogen (secondary N) is 1. The fraction of sp³-hybridized carbons (Fsp3) is 0.278. The lowest BCUT2D eigenvalue weighted by atomic mass is 10.2. The van der Waals surface area contributed by atoms with E-state index in [1.54, 1.807) is 36.4 Å². The number of carbonyl (C=O) groups is 1. The number of aryl methyl sites for hydroxylation is 1. The molecule has 1 amide bonds. The van der Waals surface area contributed by atoms with Crippen LogP contribution >= 0.6 is 11.6 Å². The van der Waals surface area contributed by atoms with E-state index in [9.17, 15) is 13.2 Å². The number of carbonyl (C=O) groups excluding carboxylic acids is 1. The van der Waals surface area contributed by atoms with Crippen LogP contribution in [0.2, 0.25) is 5.02 Å². The van der Waals surface area contributed by atoms with Gasteiger partial charge in [-0.1, -0.05) is 17.7 Å². The average Bonchev–Trinajstić information content (AvgIpc) is 2.55. The molecule has 0 saturated heterocycles. The molecule has 0 unspecified atom stereocenters. The van der Waals surface area contributed by atoms with Crippen LogP contribution in [0.3, 0.4) is 0 Å². The highest BCUT2D eigenvalue weighted by Gasteiger charge is 2.19. The van der Waals surface area contributed by atoms with Gasteiger partial charge in [0.05, 0.1) is 24.7 Å². The first kappa shape index (κ1) is 20.1.